The number of hydrogen-bond donors (Lipinski definition) is 2. The van der Waals surface area contributed by atoms with Crippen LogP contribution < -0.4 is 10.6 Å². The highest BCUT2D eigenvalue weighted by Crippen LogP contribution is 2.21. The van der Waals surface area contributed by atoms with E-state index in [2.05, 4.69) is 57.4 Å². The van der Waals surface area contributed by atoms with E-state index in [9.17, 15) is 4.79 Å². The maximum absolute atomic E-state index is 11.9. The lowest BCUT2D eigenvalue weighted by molar-refractivity contribution is -0.121. The smallest absolute Gasteiger partial charge is 0.221 e. The third kappa shape index (κ3) is 6.20. The number of rotatable bonds is 6. The largest absolute Gasteiger partial charge is 0.355 e. The Balaban J connectivity index is 2.37. The number of amides is 1. The molecule has 0 atom stereocenters. The molecule has 2 N–H and O–H groups in total. The molecule has 1 aromatic carbocycles. The van der Waals surface area contributed by atoms with Crippen LogP contribution in [0.1, 0.15) is 46.6 Å². The van der Waals surface area contributed by atoms with Gasteiger partial charge in [-0.1, -0.05) is 44.2 Å². The van der Waals surface area contributed by atoms with Crippen molar-refractivity contribution < 1.29 is 4.79 Å². The van der Waals surface area contributed by atoms with Crippen molar-refractivity contribution in [1.82, 2.24) is 10.6 Å². The van der Waals surface area contributed by atoms with Gasteiger partial charge in [0.25, 0.3) is 0 Å². The number of benzene rings is 1. The number of carbonyl (C=O) groups excluding carboxylic acids is 1. The Morgan fingerprint density at radius 1 is 1.05 bits per heavy atom. The number of hydrogen-bond acceptors (Lipinski definition) is 2. The minimum absolute atomic E-state index is 0.0472. The minimum atomic E-state index is -0.0472. The quantitative estimate of drug-likeness (QED) is 0.839. The normalized spacial score (nSPS) is 12.2. The SMILES string of the molecule is CC(C)(C)NCCC(=O)NCC(C)(C)c1ccccc1. The average molecular weight is 276 g/mol. The molecule has 1 aromatic rings. The lowest BCUT2D eigenvalue weighted by Gasteiger charge is -2.26. The van der Waals surface area contributed by atoms with E-state index in [1.54, 1.807) is 0 Å². The van der Waals surface area contributed by atoms with Crippen molar-refractivity contribution in [3.63, 3.8) is 0 Å². The average Bonchev–Trinajstić information content (AvgIpc) is 2.36. The first kappa shape index (κ1) is 16.7. The molecular formula is C17H28N2O. The molecule has 0 saturated carbocycles. The van der Waals surface area contributed by atoms with Gasteiger partial charge in [0.15, 0.2) is 0 Å². The molecule has 0 saturated heterocycles. The summed E-state index contributed by atoms with van der Waals surface area (Å²) in [7, 11) is 0. The van der Waals surface area contributed by atoms with E-state index in [0.717, 1.165) is 0 Å². The Bertz CT molecular complexity index is 418. The van der Waals surface area contributed by atoms with Crippen LogP contribution >= 0.6 is 0 Å². The standard InChI is InChI=1S/C17H28N2O/c1-16(2,3)19-12-11-15(20)18-13-17(4,5)14-9-7-6-8-10-14/h6-10,19H,11-13H2,1-5H3,(H,18,20). The molecule has 0 aromatic heterocycles. The predicted octanol–water partition coefficient (Wildman–Crippen LogP) is 2.86. The highest BCUT2D eigenvalue weighted by Gasteiger charge is 2.21. The van der Waals surface area contributed by atoms with Gasteiger partial charge >= 0.3 is 0 Å². The zero-order chi connectivity index (χ0) is 15.2. The summed E-state index contributed by atoms with van der Waals surface area (Å²) in [6, 6.07) is 10.3. The third-order valence-corrected chi connectivity index (χ3v) is 3.29. The first-order valence-corrected chi connectivity index (χ1v) is 7.28. The number of carbonyl (C=O) groups is 1. The van der Waals surface area contributed by atoms with Gasteiger partial charge in [-0.2, -0.15) is 0 Å². The Morgan fingerprint density at radius 2 is 1.65 bits per heavy atom. The van der Waals surface area contributed by atoms with Crippen LogP contribution in [0.25, 0.3) is 0 Å². The van der Waals surface area contributed by atoms with E-state index < -0.39 is 0 Å². The van der Waals surface area contributed by atoms with Crippen LogP contribution in [-0.4, -0.2) is 24.5 Å². The third-order valence-electron chi connectivity index (χ3n) is 3.29. The molecule has 3 nitrogen and oxygen atoms in total. The maximum atomic E-state index is 11.9. The lowest BCUT2D eigenvalue weighted by Crippen LogP contribution is -2.40. The van der Waals surface area contributed by atoms with Gasteiger partial charge in [-0.05, 0) is 26.3 Å². The monoisotopic (exact) mass is 276 g/mol. The lowest BCUT2D eigenvalue weighted by atomic mass is 9.84. The molecule has 0 unspecified atom stereocenters. The topological polar surface area (TPSA) is 41.1 Å². The van der Waals surface area contributed by atoms with E-state index in [4.69, 9.17) is 0 Å². The van der Waals surface area contributed by atoms with Crippen molar-refractivity contribution in [2.24, 2.45) is 0 Å². The Hall–Kier alpha value is -1.35. The minimum Gasteiger partial charge on any atom is -0.355 e. The fourth-order valence-electron chi connectivity index (χ4n) is 1.95. The molecule has 1 amide bonds. The van der Waals surface area contributed by atoms with Gasteiger partial charge in [0.1, 0.15) is 0 Å². The van der Waals surface area contributed by atoms with Gasteiger partial charge in [0, 0.05) is 30.5 Å². The summed E-state index contributed by atoms with van der Waals surface area (Å²) in [6.07, 6.45) is 0.516. The first-order chi connectivity index (χ1) is 9.21. The van der Waals surface area contributed by atoms with Crippen LogP contribution in [0.5, 0.6) is 0 Å². The fraction of sp³-hybridized carbons (Fsp3) is 0.588. The van der Waals surface area contributed by atoms with Gasteiger partial charge in [0.2, 0.25) is 5.91 Å². The van der Waals surface area contributed by atoms with Crippen LogP contribution in [0, 0.1) is 0 Å². The molecule has 3 heteroatoms. The van der Waals surface area contributed by atoms with Crippen molar-refractivity contribution >= 4 is 5.91 Å². The Kier molecular flexibility index (Phi) is 5.75. The molecule has 1 rings (SSSR count). The second-order valence-electron chi connectivity index (χ2n) is 6.95. The van der Waals surface area contributed by atoms with Crippen LogP contribution in [0.2, 0.25) is 0 Å². The van der Waals surface area contributed by atoms with E-state index >= 15 is 0 Å². The summed E-state index contributed by atoms with van der Waals surface area (Å²) in [5.41, 5.74) is 1.26. The Labute approximate surface area is 123 Å². The van der Waals surface area contributed by atoms with Crippen molar-refractivity contribution in [3.8, 4) is 0 Å². The Morgan fingerprint density at radius 3 is 2.20 bits per heavy atom. The summed E-state index contributed by atoms with van der Waals surface area (Å²) in [5, 5.41) is 6.35. The summed E-state index contributed by atoms with van der Waals surface area (Å²) in [6.45, 7) is 12.0. The molecule has 0 aliphatic carbocycles. The van der Waals surface area contributed by atoms with Gasteiger partial charge in [-0.3, -0.25) is 4.79 Å². The van der Waals surface area contributed by atoms with E-state index in [0.29, 0.717) is 19.5 Å². The van der Waals surface area contributed by atoms with Gasteiger partial charge in [-0.25, -0.2) is 0 Å². The van der Waals surface area contributed by atoms with E-state index in [-0.39, 0.29) is 16.9 Å². The van der Waals surface area contributed by atoms with Crippen molar-refractivity contribution in [3.05, 3.63) is 35.9 Å². The molecule has 0 aliphatic heterocycles. The van der Waals surface area contributed by atoms with Crippen LogP contribution in [0.4, 0.5) is 0 Å². The zero-order valence-electron chi connectivity index (χ0n) is 13.4. The highest BCUT2D eigenvalue weighted by molar-refractivity contribution is 5.76. The second kappa shape index (κ2) is 6.89. The van der Waals surface area contributed by atoms with Crippen molar-refractivity contribution in [2.45, 2.75) is 52.0 Å². The molecule has 20 heavy (non-hydrogen) atoms. The molecule has 0 heterocycles. The zero-order valence-corrected chi connectivity index (χ0v) is 13.4. The van der Waals surface area contributed by atoms with Crippen LogP contribution in [0.3, 0.4) is 0 Å². The highest BCUT2D eigenvalue weighted by atomic mass is 16.1. The van der Waals surface area contributed by atoms with E-state index in [1.807, 2.05) is 18.2 Å². The van der Waals surface area contributed by atoms with E-state index in [1.165, 1.54) is 5.56 Å². The molecule has 0 fully saturated rings. The fourth-order valence-corrected chi connectivity index (χ4v) is 1.95. The van der Waals surface area contributed by atoms with Gasteiger partial charge < -0.3 is 10.6 Å². The molecule has 112 valence electrons. The molecule has 0 aliphatic rings. The number of nitrogens with one attached hydrogen (secondary N) is 2. The molecule has 0 bridgehead atoms. The predicted molar refractivity (Wildman–Crippen MR) is 84.9 cm³/mol. The summed E-state index contributed by atoms with van der Waals surface area (Å²) in [4.78, 5) is 11.9. The molecule has 0 spiro atoms. The summed E-state index contributed by atoms with van der Waals surface area (Å²) < 4.78 is 0. The molecular weight excluding hydrogens is 248 g/mol. The molecule has 0 radical (unpaired) electrons. The summed E-state index contributed by atoms with van der Waals surface area (Å²) >= 11 is 0. The van der Waals surface area contributed by atoms with Gasteiger partial charge in [0.05, 0.1) is 0 Å². The summed E-state index contributed by atoms with van der Waals surface area (Å²) in [5.74, 6) is 0.103. The second-order valence-corrected chi connectivity index (χ2v) is 6.95. The first-order valence-electron chi connectivity index (χ1n) is 7.28. The van der Waals surface area contributed by atoms with Crippen molar-refractivity contribution in [1.29, 1.82) is 0 Å². The maximum Gasteiger partial charge on any atom is 0.221 e. The van der Waals surface area contributed by atoms with Crippen molar-refractivity contribution in [2.75, 3.05) is 13.1 Å². The van der Waals surface area contributed by atoms with Gasteiger partial charge in [-0.15, -0.1) is 0 Å². The van der Waals surface area contributed by atoms with Crippen LogP contribution in [0.15, 0.2) is 30.3 Å². The van der Waals surface area contributed by atoms with Crippen LogP contribution in [-0.2, 0) is 10.2 Å².